The highest BCUT2D eigenvalue weighted by atomic mass is 28.3. The van der Waals surface area contributed by atoms with Crippen molar-refractivity contribution in [1.29, 1.82) is 0 Å². The molecule has 2 nitrogen and oxygen atoms in total. The van der Waals surface area contributed by atoms with E-state index in [0.717, 1.165) is 5.92 Å². The van der Waals surface area contributed by atoms with Crippen LogP contribution in [0.5, 0.6) is 0 Å². The second-order valence-corrected chi connectivity index (χ2v) is 10.8. The van der Waals surface area contributed by atoms with Crippen molar-refractivity contribution in [2.45, 2.75) is 58.7 Å². The summed E-state index contributed by atoms with van der Waals surface area (Å²) in [5, 5.41) is 3.46. The molecule has 0 spiro atoms. The van der Waals surface area contributed by atoms with Crippen molar-refractivity contribution >= 4 is 8.24 Å². The minimum Gasteiger partial charge on any atom is -0.324 e. The van der Waals surface area contributed by atoms with Crippen LogP contribution in [0.1, 0.15) is 39.5 Å². The lowest BCUT2D eigenvalue weighted by Gasteiger charge is -2.36. The minimum absolute atomic E-state index is 1.01. The van der Waals surface area contributed by atoms with Crippen LogP contribution >= 0.6 is 0 Å². The van der Waals surface area contributed by atoms with Gasteiger partial charge in [0.25, 0.3) is 0 Å². The summed E-state index contributed by atoms with van der Waals surface area (Å²) >= 11 is 0. The van der Waals surface area contributed by atoms with Crippen molar-refractivity contribution in [3.8, 4) is 0 Å². The molecule has 0 saturated carbocycles. The quantitative estimate of drug-likeness (QED) is 0.703. The summed E-state index contributed by atoms with van der Waals surface area (Å²) in [6.07, 6.45) is 5.75. The Hall–Kier alpha value is 0.137. The Morgan fingerprint density at radius 1 is 1.12 bits per heavy atom. The fraction of sp³-hybridized carbons (Fsp3) is 1.00. The third-order valence-electron chi connectivity index (χ3n) is 4.48. The van der Waals surface area contributed by atoms with Crippen molar-refractivity contribution in [2.24, 2.45) is 5.92 Å². The zero-order valence-corrected chi connectivity index (χ0v) is 13.4. The van der Waals surface area contributed by atoms with Gasteiger partial charge < -0.3 is 9.88 Å². The molecule has 0 unspecified atom stereocenters. The largest absolute Gasteiger partial charge is 0.324 e. The zero-order chi connectivity index (χ0) is 12.7. The summed E-state index contributed by atoms with van der Waals surface area (Å²) in [5.41, 5.74) is 0. The maximum atomic E-state index is 3.46. The zero-order valence-electron chi connectivity index (χ0n) is 12.4. The lowest BCUT2D eigenvalue weighted by Crippen LogP contribution is -2.48. The van der Waals surface area contributed by atoms with E-state index in [1.165, 1.54) is 57.9 Å². The molecule has 1 saturated heterocycles. The van der Waals surface area contributed by atoms with Crippen LogP contribution < -0.4 is 5.32 Å². The monoisotopic (exact) mass is 256 g/mol. The van der Waals surface area contributed by atoms with E-state index >= 15 is 0 Å². The Kier molecular flexibility index (Phi) is 6.74. The van der Waals surface area contributed by atoms with Gasteiger partial charge in [-0.15, -0.1) is 0 Å². The van der Waals surface area contributed by atoms with Crippen molar-refractivity contribution in [3.05, 3.63) is 0 Å². The Balaban J connectivity index is 2.23. The van der Waals surface area contributed by atoms with Crippen LogP contribution in [0.25, 0.3) is 0 Å². The number of hydrogen-bond acceptors (Lipinski definition) is 2. The molecule has 102 valence electrons. The molecule has 0 aliphatic carbocycles. The molecule has 1 fully saturated rings. The molecule has 3 heteroatoms. The Morgan fingerprint density at radius 2 is 1.71 bits per heavy atom. The first kappa shape index (κ1) is 15.2. The van der Waals surface area contributed by atoms with Gasteiger partial charge in [-0.05, 0) is 51.0 Å². The summed E-state index contributed by atoms with van der Waals surface area (Å²) in [5.74, 6) is 1.01. The summed E-state index contributed by atoms with van der Waals surface area (Å²) in [4.78, 5) is 0. The maximum absolute atomic E-state index is 3.46. The fourth-order valence-corrected chi connectivity index (χ4v) is 6.33. The molecule has 1 N–H and O–H groups in total. The van der Waals surface area contributed by atoms with Crippen molar-refractivity contribution in [2.75, 3.05) is 26.2 Å². The van der Waals surface area contributed by atoms with E-state index in [9.17, 15) is 0 Å². The molecule has 0 aromatic heterocycles. The molecule has 0 radical (unpaired) electrons. The molecule has 1 heterocycles. The first-order valence-electron chi connectivity index (χ1n) is 7.56. The predicted octanol–water partition coefficient (Wildman–Crippen LogP) is 3.31. The molecule has 0 atom stereocenters. The molecule has 0 amide bonds. The molecular formula is C14H32N2Si. The van der Waals surface area contributed by atoms with Gasteiger partial charge in [0, 0.05) is 0 Å². The Labute approximate surface area is 109 Å². The van der Waals surface area contributed by atoms with E-state index < -0.39 is 8.24 Å². The normalized spacial score (nSPS) is 18.9. The molecule has 0 bridgehead atoms. The summed E-state index contributed by atoms with van der Waals surface area (Å²) in [7, 11) is -1.10. The molecule has 0 aromatic rings. The Morgan fingerprint density at radius 3 is 2.24 bits per heavy atom. The highest BCUT2D eigenvalue weighted by Gasteiger charge is 2.27. The van der Waals surface area contributed by atoms with E-state index in [4.69, 9.17) is 0 Å². The molecule has 1 aliphatic heterocycles. The standard InChI is InChI=1S/C14H32N2Si/c1-5-16(6-2)17(3,4)13-7-8-14-9-11-15-12-10-14/h14-15H,5-13H2,1-4H3. The molecule has 1 aliphatic rings. The lowest BCUT2D eigenvalue weighted by atomic mass is 9.94. The van der Waals surface area contributed by atoms with E-state index in [1.807, 2.05) is 0 Å². The second kappa shape index (κ2) is 7.55. The van der Waals surface area contributed by atoms with Crippen LogP contribution in [0.3, 0.4) is 0 Å². The van der Waals surface area contributed by atoms with Gasteiger partial charge in [-0.3, -0.25) is 0 Å². The highest BCUT2D eigenvalue weighted by molar-refractivity contribution is 6.74. The third kappa shape index (κ3) is 5.10. The molecule has 0 aromatic carbocycles. The average Bonchev–Trinajstić information content (AvgIpc) is 2.31. The van der Waals surface area contributed by atoms with Crippen LogP contribution in [-0.2, 0) is 0 Å². The van der Waals surface area contributed by atoms with Crippen LogP contribution in [0.2, 0.25) is 19.1 Å². The molecule has 17 heavy (non-hydrogen) atoms. The maximum Gasteiger partial charge on any atom is 0.122 e. The number of hydrogen-bond donors (Lipinski definition) is 1. The Bertz CT molecular complexity index is 196. The van der Waals surface area contributed by atoms with Crippen molar-refractivity contribution in [1.82, 2.24) is 9.88 Å². The van der Waals surface area contributed by atoms with Gasteiger partial charge in [0.05, 0.1) is 0 Å². The SMILES string of the molecule is CCN(CC)[Si](C)(C)CCCC1CCNCC1. The van der Waals surface area contributed by atoms with Crippen LogP contribution in [0.4, 0.5) is 0 Å². The van der Waals surface area contributed by atoms with E-state index in [2.05, 4.69) is 36.8 Å². The number of piperidine rings is 1. The fourth-order valence-electron chi connectivity index (χ4n) is 3.23. The van der Waals surface area contributed by atoms with E-state index in [0.29, 0.717) is 0 Å². The van der Waals surface area contributed by atoms with Gasteiger partial charge in [-0.2, -0.15) is 0 Å². The number of nitrogens with one attached hydrogen (secondary N) is 1. The van der Waals surface area contributed by atoms with Crippen LogP contribution in [0.15, 0.2) is 0 Å². The smallest absolute Gasteiger partial charge is 0.122 e. The van der Waals surface area contributed by atoms with Gasteiger partial charge in [0.15, 0.2) is 0 Å². The van der Waals surface area contributed by atoms with E-state index in [-0.39, 0.29) is 0 Å². The lowest BCUT2D eigenvalue weighted by molar-refractivity contribution is 0.349. The van der Waals surface area contributed by atoms with E-state index in [1.54, 1.807) is 0 Å². The van der Waals surface area contributed by atoms with Crippen molar-refractivity contribution in [3.63, 3.8) is 0 Å². The first-order chi connectivity index (χ1) is 8.10. The van der Waals surface area contributed by atoms with Gasteiger partial charge >= 0.3 is 0 Å². The summed E-state index contributed by atoms with van der Waals surface area (Å²) < 4.78 is 2.73. The second-order valence-electron chi connectivity index (χ2n) is 6.07. The summed E-state index contributed by atoms with van der Waals surface area (Å²) in [6, 6.07) is 1.48. The van der Waals surface area contributed by atoms with Crippen LogP contribution in [0, 0.1) is 5.92 Å². The van der Waals surface area contributed by atoms with Gasteiger partial charge in [-0.1, -0.05) is 39.8 Å². The average molecular weight is 257 g/mol. The van der Waals surface area contributed by atoms with Gasteiger partial charge in [-0.25, -0.2) is 0 Å². The predicted molar refractivity (Wildman–Crippen MR) is 80.0 cm³/mol. The van der Waals surface area contributed by atoms with Crippen molar-refractivity contribution < 1.29 is 0 Å². The topological polar surface area (TPSA) is 15.3 Å². The molecule has 1 rings (SSSR count). The number of rotatable bonds is 7. The number of nitrogens with zero attached hydrogens (tertiary/aromatic N) is 1. The van der Waals surface area contributed by atoms with Gasteiger partial charge in [0.2, 0.25) is 0 Å². The van der Waals surface area contributed by atoms with Crippen LogP contribution in [-0.4, -0.2) is 39.0 Å². The van der Waals surface area contributed by atoms with Gasteiger partial charge in [0.1, 0.15) is 8.24 Å². The molecular weight excluding hydrogens is 224 g/mol. The summed E-state index contributed by atoms with van der Waals surface area (Å²) in [6.45, 7) is 14.7. The minimum atomic E-state index is -1.10. The first-order valence-corrected chi connectivity index (χ1v) is 10.7. The third-order valence-corrected chi connectivity index (χ3v) is 8.40. The highest BCUT2D eigenvalue weighted by Crippen LogP contribution is 2.23.